The molecular weight excluding hydrogens is 414 g/mol. The van der Waals surface area contributed by atoms with E-state index < -0.39 is 10.0 Å². The molecule has 1 aliphatic rings. The van der Waals surface area contributed by atoms with Crippen molar-refractivity contribution in [3.63, 3.8) is 0 Å². The number of benzene rings is 1. The Morgan fingerprint density at radius 1 is 1.21 bits per heavy atom. The zero-order valence-electron chi connectivity index (χ0n) is 12.9. The molecule has 1 aliphatic heterocycles. The number of rotatable bonds is 5. The maximum absolute atomic E-state index is 12.4. The SMILES string of the molecule is O=S(=O)(NCc1ccc(N2CCCC2)nc1)c1ccc(Br)cc1Cl. The average molecular weight is 431 g/mol. The molecule has 0 aliphatic carbocycles. The molecule has 3 rings (SSSR count). The second-order valence-electron chi connectivity index (χ2n) is 5.62. The molecule has 0 amide bonds. The fourth-order valence-corrected chi connectivity index (χ4v) is 4.66. The molecule has 128 valence electrons. The zero-order chi connectivity index (χ0) is 17.2. The van der Waals surface area contributed by atoms with Crippen molar-refractivity contribution < 1.29 is 8.42 Å². The number of anilines is 1. The van der Waals surface area contributed by atoms with Crippen molar-refractivity contribution in [2.24, 2.45) is 0 Å². The van der Waals surface area contributed by atoms with Gasteiger partial charge in [-0.05, 0) is 42.7 Å². The number of hydrogen-bond acceptors (Lipinski definition) is 4. The van der Waals surface area contributed by atoms with Crippen molar-refractivity contribution in [1.29, 1.82) is 0 Å². The standard InChI is InChI=1S/C16H17BrClN3O2S/c17-13-4-5-15(14(18)9-13)24(22,23)20-11-12-3-6-16(19-10-12)21-7-1-2-8-21/h3-6,9-10,20H,1-2,7-8,11H2. The van der Waals surface area contributed by atoms with E-state index in [2.05, 4.69) is 30.5 Å². The van der Waals surface area contributed by atoms with Gasteiger partial charge in [-0.15, -0.1) is 0 Å². The summed E-state index contributed by atoms with van der Waals surface area (Å²) < 4.78 is 28.0. The van der Waals surface area contributed by atoms with Gasteiger partial charge in [-0.1, -0.05) is 33.6 Å². The molecule has 0 saturated carbocycles. The highest BCUT2D eigenvalue weighted by Gasteiger charge is 2.18. The largest absolute Gasteiger partial charge is 0.357 e. The summed E-state index contributed by atoms with van der Waals surface area (Å²) in [7, 11) is -3.67. The number of nitrogens with one attached hydrogen (secondary N) is 1. The zero-order valence-corrected chi connectivity index (χ0v) is 16.0. The molecule has 1 aromatic carbocycles. The summed E-state index contributed by atoms with van der Waals surface area (Å²) in [6.45, 7) is 2.23. The molecule has 1 fully saturated rings. The van der Waals surface area contributed by atoms with Crippen LogP contribution in [-0.2, 0) is 16.6 Å². The summed E-state index contributed by atoms with van der Waals surface area (Å²) in [6, 6.07) is 8.51. The van der Waals surface area contributed by atoms with Crippen LogP contribution < -0.4 is 9.62 Å². The van der Waals surface area contributed by atoms with Gasteiger partial charge < -0.3 is 4.90 Å². The van der Waals surface area contributed by atoms with Crippen molar-refractivity contribution in [3.05, 3.63) is 51.6 Å². The molecule has 0 spiro atoms. The molecule has 0 atom stereocenters. The van der Waals surface area contributed by atoms with Crippen molar-refractivity contribution in [2.45, 2.75) is 24.3 Å². The van der Waals surface area contributed by atoms with Gasteiger partial charge in [-0.25, -0.2) is 18.1 Å². The molecule has 0 bridgehead atoms. The molecule has 8 heteroatoms. The van der Waals surface area contributed by atoms with Crippen LogP contribution in [0.15, 0.2) is 45.9 Å². The van der Waals surface area contributed by atoms with Crippen LogP contribution in [0.2, 0.25) is 5.02 Å². The van der Waals surface area contributed by atoms with E-state index in [9.17, 15) is 8.42 Å². The lowest BCUT2D eigenvalue weighted by molar-refractivity contribution is 0.581. The minimum Gasteiger partial charge on any atom is -0.357 e. The third-order valence-corrected chi connectivity index (χ3v) is 6.27. The first-order chi connectivity index (χ1) is 11.5. The molecule has 1 saturated heterocycles. The molecule has 1 N–H and O–H groups in total. The van der Waals surface area contributed by atoms with Crippen LogP contribution in [0.25, 0.3) is 0 Å². The molecule has 0 radical (unpaired) electrons. The predicted octanol–water partition coefficient (Wildman–Crippen LogP) is 3.58. The minimum atomic E-state index is -3.67. The minimum absolute atomic E-state index is 0.0639. The van der Waals surface area contributed by atoms with Crippen molar-refractivity contribution in [3.8, 4) is 0 Å². The molecular formula is C16H17BrClN3O2S. The van der Waals surface area contributed by atoms with Gasteiger partial charge in [0.1, 0.15) is 10.7 Å². The van der Waals surface area contributed by atoms with E-state index >= 15 is 0 Å². The Balaban J connectivity index is 1.68. The van der Waals surface area contributed by atoms with E-state index in [4.69, 9.17) is 11.6 Å². The van der Waals surface area contributed by atoms with E-state index in [0.29, 0.717) is 0 Å². The van der Waals surface area contributed by atoms with Crippen LogP contribution in [0.1, 0.15) is 18.4 Å². The van der Waals surface area contributed by atoms with Crippen LogP contribution >= 0.6 is 27.5 Å². The van der Waals surface area contributed by atoms with Crippen LogP contribution in [0, 0.1) is 0 Å². The van der Waals surface area contributed by atoms with Crippen LogP contribution in [-0.4, -0.2) is 26.5 Å². The Labute approximate surface area is 155 Å². The number of hydrogen-bond donors (Lipinski definition) is 1. The third kappa shape index (κ3) is 4.08. The summed E-state index contributed by atoms with van der Waals surface area (Å²) in [5.41, 5.74) is 0.801. The Morgan fingerprint density at radius 2 is 1.96 bits per heavy atom. The molecule has 1 aromatic heterocycles. The Hall–Kier alpha value is -1.15. The van der Waals surface area contributed by atoms with Crippen molar-refractivity contribution in [1.82, 2.24) is 9.71 Å². The second kappa shape index (κ2) is 7.39. The van der Waals surface area contributed by atoms with E-state index in [-0.39, 0.29) is 16.5 Å². The molecule has 0 unspecified atom stereocenters. The van der Waals surface area contributed by atoms with Crippen LogP contribution in [0.4, 0.5) is 5.82 Å². The molecule has 2 aromatic rings. The van der Waals surface area contributed by atoms with E-state index in [1.165, 1.54) is 18.9 Å². The van der Waals surface area contributed by atoms with Gasteiger partial charge in [0.15, 0.2) is 0 Å². The lowest BCUT2D eigenvalue weighted by atomic mass is 10.3. The maximum Gasteiger partial charge on any atom is 0.242 e. The predicted molar refractivity (Wildman–Crippen MR) is 98.9 cm³/mol. The average Bonchev–Trinajstić information content (AvgIpc) is 3.07. The van der Waals surface area contributed by atoms with Crippen molar-refractivity contribution in [2.75, 3.05) is 18.0 Å². The Kier molecular flexibility index (Phi) is 5.44. The van der Waals surface area contributed by atoms with Gasteiger partial charge in [0.25, 0.3) is 0 Å². The van der Waals surface area contributed by atoms with Gasteiger partial charge in [0, 0.05) is 30.3 Å². The van der Waals surface area contributed by atoms with E-state index in [0.717, 1.165) is 28.9 Å². The van der Waals surface area contributed by atoms with Gasteiger partial charge in [-0.2, -0.15) is 0 Å². The maximum atomic E-state index is 12.4. The van der Waals surface area contributed by atoms with Crippen molar-refractivity contribution >= 4 is 43.4 Å². The van der Waals surface area contributed by atoms with E-state index in [1.807, 2.05) is 12.1 Å². The van der Waals surface area contributed by atoms with Gasteiger partial charge in [-0.3, -0.25) is 0 Å². The van der Waals surface area contributed by atoms with Crippen LogP contribution in [0.5, 0.6) is 0 Å². The van der Waals surface area contributed by atoms with Gasteiger partial charge in [0.05, 0.1) is 5.02 Å². The third-order valence-electron chi connectivity index (χ3n) is 3.89. The number of halogens is 2. The highest BCUT2D eigenvalue weighted by Crippen LogP contribution is 2.25. The van der Waals surface area contributed by atoms with Crippen LogP contribution in [0.3, 0.4) is 0 Å². The highest BCUT2D eigenvalue weighted by atomic mass is 79.9. The second-order valence-corrected chi connectivity index (χ2v) is 8.68. The molecule has 2 heterocycles. The fourth-order valence-electron chi connectivity index (χ4n) is 2.60. The lowest BCUT2D eigenvalue weighted by Gasteiger charge is -2.16. The first kappa shape index (κ1) is 17.7. The smallest absolute Gasteiger partial charge is 0.242 e. The topological polar surface area (TPSA) is 62.3 Å². The number of pyridine rings is 1. The van der Waals surface area contributed by atoms with Gasteiger partial charge >= 0.3 is 0 Å². The summed E-state index contributed by atoms with van der Waals surface area (Å²) in [5, 5.41) is 0.180. The molecule has 24 heavy (non-hydrogen) atoms. The monoisotopic (exact) mass is 429 g/mol. The summed E-state index contributed by atoms with van der Waals surface area (Å²) in [5.74, 6) is 0.940. The van der Waals surface area contributed by atoms with Gasteiger partial charge in [0.2, 0.25) is 10.0 Å². The number of nitrogens with zero attached hydrogens (tertiary/aromatic N) is 2. The first-order valence-electron chi connectivity index (χ1n) is 7.60. The summed E-state index contributed by atoms with van der Waals surface area (Å²) in [4.78, 5) is 6.72. The summed E-state index contributed by atoms with van der Waals surface area (Å²) in [6.07, 6.45) is 4.09. The summed E-state index contributed by atoms with van der Waals surface area (Å²) >= 11 is 9.28. The normalized spacial score (nSPS) is 15.0. The first-order valence-corrected chi connectivity index (χ1v) is 10.3. The highest BCUT2D eigenvalue weighted by molar-refractivity contribution is 9.10. The number of sulfonamides is 1. The fraction of sp³-hybridized carbons (Fsp3) is 0.312. The lowest BCUT2D eigenvalue weighted by Crippen LogP contribution is -2.24. The quantitative estimate of drug-likeness (QED) is 0.787. The Morgan fingerprint density at radius 3 is 2.58 bits per heavy atom. The van der Waals surface area contributed by atoms with E-state index in [1.54, 1.807) is 18.3 Å². The molecule has 5 nitrogen and oxygen atoms in total. The number of aromatic nitrogens is 1. The Bertz CT molecular complexity index is 822.